The molecule has 1 atom stereocenters. The first-order valence-electron chi connectivity index (χ1n) is 8.37. The van der Waals surface area contributed by atoms with Gasteiger partial charge in [0.15, 0.2) is 11.5 Å². The Balaban J connectivity index is 1.65. The van der Waals surface area contributed by atoms with Crippen molar-refractivity contribution in [3.05, 3.63) is 29.7 Å². The summed E-state index contributed by atoms with van der Waals surface area (Å²) in [6.45, 7) is 5.11. The van der Waals surface area contributed by atoms with Gasteiger partial charge in [0, 0.05) is 20.0 Å². The third-order valence-corrected chi connectivity index (χ3v) is 4.31. The molecule has 1 aromatic heterocycles. The van der Waals surface area contributed by atoms with Crippen LogP contribution in [0.2, 0.25) is 0 Å². The standard InChI is InChI=1S/C18H22N2O4/c1-3-23-18(22)14-5-4-8-20(11-14)17(21)10-13-6-7-16-15(9-13)19-12(2)24-16/h6-7,9,14H,3-5,8,10-11H2,1-2H3. The number of carbonyl (C=O) groups is 2. The first-order valence-corrected chi connectivity index (χ1v) is 8.37. The molecule has 24 heavy (non-hydrogen) atoms. The van der Waals surface area contributed by atoms with Gasteiger partial charge in [-0.05, 0) is 37.5 Å². The lowest BCUT2D eigenvalue weighted by molar-refractivity contribution is -0.151. The lowest BCUT2D eigenvalue weighted by atomic mass is 9.97. The Kier molecular flexibility index (Phi) is 4.83. The van der Waals surface area contributed by atoms with Gasteiger partial charge in [-0.15, -0.1) is 0 Å². The van der Waals surface area contributed by atoms with Crippen LogP contribution < -0.4 is 0 Å². The van der Waals surface area contributed by atoms with Gasteiger partial charge >= 0.3 is 5.97 Å². The largest absolute Gasteiger partial charge is 0.466 e. The Morgan fingerprint density at radius 1 is 1.42 bits per heavy atom. The van der Waals surface area contributed by atoms with Crippen LogP contribution in [0.25, 0.3) is 11.1 Å². The van der Waals surface area contributed by atoms with E-state index in [1.807, 2.05) is 18.2 Å². The van der Waals surface area contributed by atoms with E-state index in [1.165, 1.54) is 0 Å². The first-order chi connectivity index (χ1) is 11.6. The Morgan fingerprint density at radius 3 is 3.04 bits per heavy atom. The lowest BCUT2D eigenvalue weighted by Gasteiger charge is -2.31. The van der Waals surface area contributed by atoms with Gasteiger partial charge in [0.2, 0.25) is 5.91 Å². The number of carbonyl (C=O) groups excluding carboxylic acids is 2. The molecule has 1 aliphatic rings. The molecule has 0 aliphatic carbocycles. The van der Waals surface area contributed by atoms with Crippen molar-refractivity contribution in [3.8, 4) is 0 Å². The van der Waals surface area contributed by atoms with Crippen LogP contribution in [0.3, 0.4) is 0 Å². The summed E-state index contributed by atoms with van der Waals surface area (Å²) in [4.78, 5) is 30.5. The minimum atomic E-state index is -0.205. The molecule has 2 heterocycles. The number of rotatable bonds is 4. The van der Waals surface area contributed by atoms with Crippen LogP contribution in [0, 0.1) is 12.8 Å². The summed E-state index contributed by atoms with van der Waals surface area (Å²) in [7, 11) is 0. The van der Waals surface area contributed by atoms with Crippen LogP contribution >= 0.6 is 0 Å². The molecule has 0 radical (unpaired) electrons. The molecule has 0 saturated carbocycles. The normalized spacial score (nSPS) is 17.9. The predicted molar refractivity (Wildman–Crippen MR) is 88.4 cm³/mol. The fourth-order valence-corrected chi connectivity index (χ4v) is 3.14. The highest BCUT2D eigenvalue weighted by molar-refractivity contribution is 5.82. The SMILES string of the molecule is CCOC(=O)C1CCCN(C(=O)Cc2ccc3oc(C)nc3c2)C1. The maximum absolute atomic E-state index is 12.6. The molecule has 1 aromatic carbocycles. The van der Waals surface area contributed by atoms with Crippen molar-refractivity contribution in [2.24, 2.45) is 5.92 Å². The van der Waals surface area contributed by atoms with Crippen LogP contribution in [0.5, 0.6) is 0 Å². The smallest absolute Gasteiger partial charge is 0.310 e. The zero-order valence-electron chi connectivity index (χ0n) is 14.1. The second kappa shape index (κ2) is 7.03. The van der Waals surface area contributed by atoms with Gasteiger partial charge < -0.3 is 14.1 Å². The monoisotopic (exact) mass is 330 g/mol. The number of aryl methyl sites for hydroxylation is 1. The predicted octanol–water partition coefficient (Wildman–Crippen LogP) is 2.48. The molecule has 1 unspecified atom stereocenters. The maximum Gasteiger partial charge on any atom is 0.310 e. The van der Waals surface area contributed by atoms with E-state index < -0.39 is 0 Å². The average molecular weight is 330 g/mol. The first kappa shape index (κ1) is 16.5. The lowest BCUT2D eigenvalue weighted by Crippen LogP contribution is -2.43. The maximum atomic E-state index is 12.6. The van der Waals surface area contributed by atoms with Gasteiger partial charge in [-0.25, -0.2) is 4.98 Å². The number of aromatic nitrogens is 1. The Bertz CT molecular complexity index is 753. The zero-order chi connectivity index (χ0) is 17.1. The van der Waals surface area contributed by atoms with E-state index in [9.17, 15) is 9.59 Å². The van der Waals surface area contributed by atoms with E-state index in [4.69, 9.17) is 9.15 Å². The number of piperidine rings is 1. The summed E-state index contributed by atoms with van der Waals surface area (Å²) in [6.07, 6.45) is 1.92. The number of ether oxygens (including phenoxy) is 1. The molecular weight excluding hydrogens is 308 g/mol. The van der Waals surface area contributed by atoms with Crippen molar-refractivity contribution in [2.75, 3.05) is 19.7 Å². The van der Waals surface area contributed by atoms with Crippen molar-refractivity contribution in [1.29, 1.82) is 0 Å². The number of fused-ring (bicyclic) bond motifs is 1. The Morgan fingerprint density at radius 2 is 2.25 bits per heavy atom. The summed E-state index contributed by atoms with van der Waals surface area (Å²) in [5.41, 5.74) is 2.39. The molecule has 3 rings (SSSR count). The van der Waals surface area contributed by atoms with E-state index in [-0.39, 0.29) is 17.8 Å². The zero-order valence-corrected chi connectivity index (χ0v) is 14.1. The van der Waals surface area contributed by atoms with Crippen LogP contribution in [0.1, 0.15) is 31.2 Å². The van der Waals surface area contributed by atoms with E-state index >= 15 is 0 Å². The highest BCUT2D eigenvalue weighted by atomic mass is 16.5. The quantitative estimate of drug-likeness (QED) is 0.805. The summed E-state index contributed by atoms with van der Waals surface area (Å²) in [5, 5.41) is 0. The van der Waals surface area contributed by atoms with Crippen molar-refractivity contribution in [2.45, 2.75) is 33.1 Å². The third kappa shape index (κ3) is 3.58. The molecule has 6 heteroatoms. The Hall–Kier alpha value is -2.37. The van der Waals surface area contributed by atoms with Gasteiger partial charge in [-0.3, -0.25) is 9.59 Å². The van der Waals surface area contributed by atoms with Gasteiger partial charge in [0.25, 0.3) is 0 Å². The Labute approximate surface area is 140 Å². The van der Waals surface area contributed by atoms with Crippen LogP contribution in [-0.2, 0) is 20.7 Å². The molecule has 128 valence electrons. The molecule has 1 saturated heterocycles. The number of benzene rings is 1. The minimum Gasteiger partial charge on any atom is -0.466 e. The summed E-state index contributed by atoms with van der Waals surface area (Å²) in [5.74, 6) is 0.239. The van der Waals surface area contributed by atoms with Crippen LogP contribution in [0.15, 0.2) is 22.6 Å². The van der Waals surface area contributed by atoms with Crippen molar-refractivity contribution in [3.63, 3.8) is 0 Å². The number of esters is 1. The third-order valence-electron chi connectivity index (χ3n) is 4.31. The number of nitrogens with zero attached hydrogens (tertiary/aromatic N) is 2. The van der Waals surface area contributed by atoms with Gasteiger partial charge in [0.05, 0.1) is 18.9 Å². The van der Waals surface area contributed by atoms with E-state index in [2.05, 4.69) is 4.98 Å². The van der Waals surface area contributed by atoms with Crippen LogP contribution in [-0.4, -0.2) is 41.5 Å². The molecule has 6 nitrogen and oxygen atoms in total. The van der Waals surface area contributed by atoms with Gasteiger partial charge in [-0.1, -0.05) is 6.07 Å². The minimum absolute atomic E-state index is 0.0311. The summed E-state index contributed by atoms with van der Waals surface area (Å²) >= 11 is 0. The molecule has 1 aliphatic heterocycles. The fraction of sp³-hybridized carbons (Fsp3) is 0.500. The number of amides is 1. The van der Waals surface area contributed by atoms with Gasteiger partial charge in [0.1, 0.15) is 5.52 Å². The number of oxazole rings is 1. The summed E-state index contributed by atoms with van der Waals surface area (Å²) in [6, 6.07) is 5.61. The van der Waals surface area contributed by atoms with E-state index in [0.29, 0.717) is 32.0 Å². The van der Waals surface area contributed by atoms with Crippen molar-refractivity contribution < 1.29 is 18.7 Å². The van der Waals surface area contributed by atoms with Crippen molar-refractivity contribution in [1.82, 2.24) is 9.88 Å². The molecule has 1 fully saturated rings. The van der Waals surface area contributed by atoms with E-state index in [1.54, 1.807) is 18.7 Å². The van der Waals surface area contributed by atoms with E-state index in [0.717, 1.165) is 29.5 Å². The molecular formula is C18H22N2O4. The second-order valence-corrected chi connectivity index (χ2v) is 6.14. The van der Waals surface area contributed by atoms with Crippen molar-refractivity contribution >= 4 is 23.0 Å². The highest BCUT2D eigenvalue weighted by Crippen LogP contribution is 2.21. The molecule has 1 amide bonds. The average Bonchev–Trinajstić information content (AvgIpc) is 2.94. The topological polar surface area (TPSA) is 72.6 Å². The second-order valence-electron chi connectivity index (χ2n) is 6.14. The summed E-state index contributed by atoms with van der Waals surface area (Å²) < 4.78 is 10.5. The molecule has 0 spiro atoms. The van der Waals surface area contributed by atoms with Crippen LogP contribution in [0.4, 0.5) is 0 Å². The number of hydrogen-bond acceptors (Lipinski definition) is 5. The molecule has 0 N–H and O–H groups in total. The fourth-order valence-electron chi connectivity index (χ4n) is 3.14. The van der Waals surface area contributed by atoms with Gasteiger partial charge in [-0.2, -0.15) is 0 Å². The number of hydrogen-bond donors (Lipinski definition) is 0. The highest BCUT2D eigenvalue weighted by Gasteiger charge is 2.29. The number of likely N-dealkylation sites (tertiary alicyclic amines) is 1. The molecule has 0 bridgehead atoms. The molecule has 2 aromatic rings.